The summed E-state index contributed by atoms with van der Waals surface area (Å²) >= 11 is 0. The van der Waals surface area contributed by atoms with Gasteiger partial charge in [0, 0.05) is 42.8 Å². The molecule has 0 radical (unpaired) electrons. The van der Waals surface area contributed by atoms with Crippen molar-refractivity contribution in [3.8, 4) is 11.3 Å². The molecular formula is C37H35N3O5. The molecular weight excluding hydrogens is 566 g/mol. The molecule has 45 heavy (non-hydrogen) atoms. The fraction of sp³-hybridized carbons (Fsp3) is 0.270. The fourth-order valence-electron chi connectivity index (χ4n) is 5.54. The molecule has 0 saturated heterocycles. The molecule has 1 N–H and O–H groups in total. The van der Waals surface area contributed by atoms with Crippen LogP contribution in [0.5, 0.6) is 0 Å². The molecule has 1 atom stereocenters. The molecule has 2 aromatic carbocycles. The average Bonchev–Trinajstić information content (AvgIpc) is 3.61. The maximum atomic E-state index is 13.1. The molecule has 8 nitrogen and oxygen atoms in total. The molecule has 1 amide bonds. The zero-order chi connectivity index (χ0) is 31.3. The van der Waals surface area contributed by atoms with Gasteiger partial charge in [-0.3, -0.25) is 19.2 Å². The lowest BCUT2D eigenvalue weighted by atomic mass is 10.0. The Labute approximate surface area is 261 Å². The number of hydrogen-bond acceptors (Lipinski definition) is 6. The second-order valence-electron chi connectivity index (χ2n) is 11.6. The normalized spacial score (nSPS) is 13.4. The van der Waals surface area contributed by atoms with E-state index in [1.807, 2.05) is 54.6 Å². The van der Waals surface area contributed by atoms with Gasteiger partial charge in [-0.2, -0.15) is 0 Å². The number of benzene rings is 2. The molecule has 6 rings (SSSR count). The van der Waals surface area contributed by atoms with Crippen molar-refractivity contribution in [2.45, 2.75) is 57.9 Å². The molecule has 228 valence electrons. The van der Waals surface area contributed by atoms with Crippen molar-refractivity contribution in [3.63, 3.8) is 0 Å². The molecule has 1 aliphatic rings. The van der Waals surface area contributed by atoms with Gasteiger partial charge >= 0.3 is 0 Å². The molecule has 0 unspecified atom stereocenters. The number of furan rings is 1. The Morgan fingerprint density at radius 3 is 2.40 bits per heavy atom. The van der Waals surface area contributed by atoms with Gasteiger partial charge in [0.15, 0.2) is 23.1 Å². The number of aryl methyl sites for hydroxylation is 2. The number of pyridine rings is 1. The third-order valence-electron chi connectivity index (χ3n) is 8.30. The van der Waals surface area contributed by atoms with Gasteiger partial charge in [0.05, 0.1) is 6.04 Å². The van der Waals surface area contributed by atoms with Crippen molar-refractivity contribution in [1.82, 2.24) is 14.7 Å². The first-order chi connectivity index (χ1) is 21.9. The quantitative estimate of drug-likeness (QED) is 0.142. The number of carbonyl (C=O) groups is 4. The van der Waals surface area contributed by atoms with Gasteiger partial charge < -0.3 is 14.1 Å². The van der Waals surface area contributed by atoms with Crippen molar-refractivity contribution in [1.29, 1.82) is 0 Å². The number of fused-ring (bicyclic) bond motifs is 1. The molecule has 3 heterocycles. The van der Waals surface area contributed by atoms with Crippen LogP contribution in [0.1, 0.15) is 81.6 Å². The van der Waals surface area contributed by atoms with E-state index in [-0.39, 0.29) is 35.4 Å². The smallest absolute Gasteiger partial charge is 0.287 e. The number of hydrogen-bond donors (Lipinski definition) is 1. The number of ketones is 3. The van der Waals surface area contributed by atoms with Crippen molar-refractivity contribution in [3.05, 3.63) is 119 Å². The predicted octanol–water partition coefficient (Wildman–Crippen LogP) is 6.71. The molecule has 3 aromatic heterocycles. The highest BCUT2D eigenvalue weighted by molar-refractivity contribution is 5.98. The molecule has 0 spiro atoms. The largest absolute Gasteiger partial charge is 0.451 e. The standard InChI is InChI=1S/C37H35N3O5/c1-2-30(41)36(26-13-14-26)39-37(44)34-19-18-33(45-34)27-10-6-9-25(21-27)12-17-32(43)29-23-40-22-28(15-20-35(40)38-29)31(42)16-11-24-7-4-3-5-8-24/h3-10,15,18-23,26,36H,2,11-14,16-17H2,1H3,(H,39,44)/t36-/m0/s1. The van der Waals surface area contributed by atoms with E-state index in [4.69, 9.17) is 4.42 Å². The summed E-state index contributed by atoms with van der Waals surface area (Å²) in [7, 11) is 0. The van der Waals surface area contributed by atoms with Crippen molar-refractivity contribution in [2.24, 2.45) is 5.92 Å². The van der Waals surface area contributed by atoms with E-state index < -0.39 is 11.9 Å². The Balaban J connectivity index is 1.06. The molecule has 5 aromatic rings. The fourth-order valence-corrected chi connectivity index (χ4v) is 5.54. The highest BCUT2D eigenvalue weighted by Crippen LogP contribution is 2.34. The van der Waals surface area contributed by atoms with Crippen LogP contribution < -0.4 is 5.32 Å². The van der Waals surface area contributed by atoms with E-state index >= 15 is 0 Å². The summed E-state index contributed by atoms with van der Waals surface area (Å²) in [6.07, 6.45) is 7.54. The van der Waals surface area contributed by atoms with Crippen LogP contribution in [-0.2, 0) is 17.6 Å². The van der Waals surface area contributed by atoms with Crippen molar-refractivity contribution < 1.29 is 23.6 Å². The molecule has 8 heteroatoms. The number of nitrogens with zero attached hydrogens (tertiary/aromatic N) is 2. The second kappa shape index (κ2) is 13.3. The highest BCUT2D eigenvalue weighted by atomic mass is 16.4. The van der Waals surface area contributed by atoms with Gasteiger partial charge in [-0.15, -0.1) is 0 Å². The van der Waals surface area contributed by atoms with Crippen LogP contribution in [0.2, 0.25) is 0 Å². The van der Waals surface area contributed by atoms with Crippen LogP contribution in [0.25, 0.3) is 17.0 Å². The first-order valence-corrected chi connectivity index (χ1v) is 15.5. The molecule has 1 fully saturated rings. The predicted molar refractivity (Wildman–Crippen MR) is 170 cm³/mol. The Bertz CT molecular complexity index is 1870. The lowest BCUT2D eigenvalue weighted by Crippen LogP contribution is -2.42. The van der Waals surface area contributed by atoms with E-state index in [2.05, 4.69) is 10.3 Å². The van der Waals surface area contributed by atoms with E-state index in [1.165, 1.54) is 0 Å². The van der Waals surface area contributed by atoms with Crippen LogP contribution >= 0.6 is 0 Å². The average molecular weight is 602 g/mol. The third-order valence-corrected chi connectivity index (χ3v) is 8.30. The van der Waals surface area contributed by atoms with Gasteiger partial charge in [-0.05, 0) is 73.1 Å². The minimum atomic E-state index is -0.459. The summed E-state index contributed by atoms with van der Waals surface area (Å²) in [5.74, 6) is 0.509. The van der Waals surface area contributed by atoms with E-state index in [1.54, 1.807) is 48.0 Å². The van der Waals surface area contributed by atoms with E-state index in [0.717, 1.165) is 29.5 Å². The lowest BCUT2D eigenvalue weighted by Gasteiger charge is -2.15. The number of amides is 1. The van der Waals surface area contributed by atoms with Crippen molar-refractivity contribution in [2.75, 3.05) is 0 Å². The number of imidazole rings is 1. The summed E-state index contributed by atoms with van der Waals surface area (Å²) in [4.78, 5) is 55.5. The molecule has 1 aliphatic carbocycles. The number of Topliss-reactive ketones (excluding diaryl/α,β-unsaturated/α-hetero) is 3. The van der Waals surface area contributed by atoms with Gasteiger partial charge in [-0.25, -0.2) is 4.98 Å². The second-order valence-corrected chi connectivity index (χ2v) is 11.6. The Hall–Kier alpha value is -5.11. The molecule has 1 saturated carbocycles. The van der Waals surface area contributed by atoms with Gasteiger partial charge in [-0.1, -0.05) is 55.5 Å². The Morgan fingerprint density at radius 2 is 1.62 bits per heavy atom. The van der Waals surface area contributed by atoms with Gasteiger partial charge in [0.25, 0.3) is 5.91 Å². The highest BCUT2D eigenvalue weighted by Gasteiger charge is 2.36. The Morgan fingerprint density at radius 1 is 0.867 bits per heavy atom. The SMILES string of the molecule is CCC(=O)[C@@H](NC(=O)c1ccc(-c2cccc(CCC(=O)c3cn4cc(C(=O)CCc5ccccc5)ccc4n3)c2)o1)C1CC1. The van der Waals surface area contributed by atoms with E-state index in [9.17, 15) is 19.2 Å². The van der Waals surface area contributed by atoms with E-state index in [0.29, 0.717) is 48.3 Å². The van der Waals surface area contributed by atoms with Crippen LogP contribution in [-0.4, -0.2) is 38.7 Å². The zero-order valence-corrected chi connectivity index (χ0v) is 25.2. The zero-order valence-electron chi connectivity index (χ0n) is 25.2. The minimum Gasteiger partial charge on any atom is -0.451 e. The third kappa shape index (κ3) is 7.17. The van der Waals surface area contributed by atoms with Crippen LogP contribution in [0, 0.1) is 5.92 Å². The topological polar surface area (TPSA) is 111 Å². The Kier molecular flexibility index (Phi) is 8.82. The maximum Gasteiger partial charge on any atom is 0.287 e. The number of rotatable bonds is 14. The summed E-state index contributed by atoms with van der Waals surface area (Å²) in [6.45, 7) is 1.81. The summed E-state index contributed by atoms with van der Waals surface area (Å²) in [5, 5.41) is 2.86. The summed E-state index contributed by atoms with van der Waals surface area (Å²) in [5.41, 5.74) is 4.41. The lowest BCUT2D eigenvalue weighted by molar-refractivity contribution is -0.121. The first kappa shape index (κ1) is 29.9. The van der Waals surface area contributed by atoms with Crippen molar-refractivity contribution >= 4 is 28.9 Å². The maximum absolute atomic E-state index is 13.1. The minimum absolute atomic E-state index is 0.0397. The first-order valence-electron chi connectivity index (χ1n) is 15.5. The summed E-state index contributed by atoms with van der Waals surface area (Å²) in [6, 6.07) is 24.0. The van der Waals surface area contributed by atoms with Gasteiger partial charge in [0.2, 0.25) is 0 Å². The van der Waals surface area contributed by atoms with Crippen LogP contribution in [0.4, 0.5) is 0 Å². The van der Waals surface area contributed by atoms with Gasteiger partial charge in [0.1, 0.15) is 17.1 Å². The van der Waals surface area contributed by atoms with Crippen LogP contribution in [0.15, 0.2) is 95.7 Å². The number of nitrogens with one attached hydrogen (secondary N) is 1. The molecule has 0 aliphatic heterocycles. The number of carbonyl (C=O) groups excluding carboxylic acids is 4. The monoisotopic (exact) mass is 601 g/mol. The summed E-state index contributed by atoms with van der Waals surface area (Å²) < 4.78 is 7.60. The molecule has 0 bridgehead atoms. The van der Waals surface area contributed by atoms with Crippen LogP contribution in [0.3, 0.4) is 0 Å². The number of aromatic nitrogens is 2.